The Morgan fingerprint density at radius 3 is 2.41 bits per heavy atom. The zero-order valence-corrected chi connectivity index (χ0v) is 18.8. The smallest absolute Gasteiger partial charge is 0.261 e. The van der Waals surface area contributed by atoms with Gasteiger partial charge in [-0.05, 0) is 77.9 Å². The molecule has 0 saturated carbocycles. The molecule has 1 N–H and O–H groups in total. The molecule has 2 aromatic carbocycles. The Balaban J connectivity index is 2.08. The number of rotatable bonds is 10. The number of carbonyl (C=O) groups is 2. The first kappa shape index (κ1) is 23.1. The Morgan fingerprint density at radius 2 is 1.79 bits per heavy atom. The average Bonchev–Trinajstić information content (AvgIpc) is 2.72. The van der Waals surface area contributed by atoms with Gasteiger partial charge in [-0.15, -0.1) is 0 Å². The lowest BCUT2D eigenvalue weighted by Gasteiger charge is -2.28. The summed E-state index contributed by atoms with van der Waals surface area (Å²) in [6, 6.07) is 12.6. The molecule has 0 aliphatic heterocycles. The lowest BCUT2D eigenvalue weighted by molar-refractivity contribution is -0.142. The molecule has 2 amide bonds. The van der Waals surface area contributed by atoms with Crippen molar-refractivity contribution in [1.82, 2.24) is 10.2 Å². The van der Waals surface area contributed by atoms with Crippen LogP contribution in [0, 0.1) is 9.39 Å². The van der Waals surface area contributed by atoms with E-state index in [0.29, 0.717) is 12.3 Å². The van der Waals surface area contributed by atoms with E-state index in [1.807, 2.05) is 19.1 Å². The molecule has 7 heteroatoms. The van der Waals surface area contributed by atoms with E-state index < -0.39 is 6.04 Å². The summed E-state index contributed by atoms with van der Waals surface area (Å²) in [6.07, 6.45) is 1.84. The van der Waals surface area contributed by atoms with E-state index in [9.17, 15) is 14.0 Å². The number of nitrogens with zero attached hydrogens (tertiary/aromatic N) is 1. The lowest BCUT2D eigenvalue weighted by atomic mass is 10.1. The van der Waals surface area contributed by atoms with Gasteiger partial charge < -0.3 is 15.0 Å². The van der Waals surface area contributed by atoms with Crippen LogP contribution in [0.1, 0.15) is 32.3 Å². The van der Waals surface area contributed by atoms with Crippen LogP contribution in [0.4, 0.5) is 4.39 Å². The molecule has 0 aliphatic carbocycles. The Kier molecular flexibility index (Phi) is 9.37. The Hall–Kier alpha value is -2.16. The van der Waals surface area contributed by atoms with Crippen molar-refractivity contribution in [2.45, 2.75) is 39.3 Å². The first-order valence-corrected chi connectivity index (χ1v) is 10.7. The van der Waals surface area contributed by atoms with Crippen LogP contribution in [0.2, 0.25) is 0 Å². The summed E-state index contributed by atoms with van der Waals surface area (Å²) in [7, 11) is 0. The van der Waals surface area contributed by atoms with E-state index in [2.05, 4.69) is 27.9 Å². The summed E-state index contributed by atoms with van der Waals surface area (Å²) in [5, 5.41) is 2.86. The van der Waals surface area contributed by atoms with E-state index >= 15 is 0 Å². The quantitative estimate of drug-likeness (QED) is 0.385. The fourth-order valence-electron chi connectivity index (χ4n) is 2.66. The average molecular weight is 512 g/mol. The van der Waals surface area contributed by atoms with Gasteiger partial charge >= 0.3 is 0 Å². The predicted octanol–water partition coefficient (Wildman–Crippen LogP) is 4.14. The third-order valence-electron chi connectivity index (χ3n) is 4.44. The molecule has 0 bridgehead atoms. The summed E-state index contributed by atoms with van der Waals surface area (Å²) < 4.78 is 19.9. The topological polar surface area (TPSA) is 58.6 Å². The number of hydrogen-bond acceptors (Lipinski definition) is 3. The molecule has 2 aromatic rings. The molecular formula is C22H26FIN2O3. The normalized spacial score (nSPS) is 11.6. The maximum absolute atomic E-state index is 13.2. The second kappa shape index (κ2) is 11.7. The second-order valence-corrected chi connectivity index (χ2v) is 7.96. The molecule has 1 atom stereocenters. The van der Waals surface area contributed by atoms with E-state index in [0.717, 1.165) is 22.0 Å². The number of hydrogen-bond donors (Lipinski definition) is 1. The molecule has 0 saturated heterocycles. The molecule has 2 rings (SSSR count). The number of unbranched alkanes of at least 4 members (excludes halogenated alkanes) is 1. The zero-order valence-electron chi connectivity index (χ0n) is 16.7. The molecule has 0 unspecified atom stereocenters. The number of ether oxygens (including phenoxy) is 1. The lowest BCUT2D eigenvalue weighted by Crippen LogP contribution is -2.49. The monoisotopic (exact) mass is 512 g/mol. The minimum absolute atomic E-state index is 0.186. The van der Waals surface area contributed by atoms with Gasteiger partial charge in [0.15, 0.2) is 6.61 Å². The maximum atomic E-state index is 13.2. The van der Waals surface area contributed by atoms with Gasteiger partial charge in [0.2, 0.25) is 5.91 Å². The SMILES string of the molecule is CCCCNC(=O)[C@@H](C)N(Cc1ccc(F)cc1)C(=O)COc1ccc(I)cc1. The molecule has 0 fully saturated rings. The van der Waals surface area contributed by atoms with Crippen LogP contribution in [-0.4, -0.2) is 35.9 Å². The number of amides is 2. The third kappa shape index (κ3) is 7.64. The van der Waals surface area contributed by atoms with Gasteiger partial charge in [-0.25, -0.2) is 4.39 Å². The minimum Gasteiger partial charge on any atom is -0.484 e. The summed E-state index contributed by atoms with van der Waals surface area (Å²) in [6.45, 7) is 4.30. The van der Waals surface area contributed by atoms with Crippen molar-refractivity contribution in [2.75, 3.05) is 13.2 Å². The fourth-order valence-corrected chi connectivity index (χ4v) is 3.02. The Morgan fingerprint density at radius 1 is 1.14 bits per heavy atom. The van der Waals surface area contributed by atoms with Crippen LogP contribution in [0.25, 0.3) is 0 Å². The summed E-state index contributed by atoms with van der Waals surface area (Å²) in [4.78, 5) is 26.8. The maximum Gasteiger partial charge on any atom is 0.261 e. The standard InChI is InChI=1S/C22H26FIN2O3/c1-3-4-13-25-22(28)16(2)26(14-17-5-7-18(23)8-6-17)21(27)15-29-20-11-9-19(24)10-12-20/h5-12,16H,3-4,13-15H2,1-2H3,(H,25,28)/t16-/m1/s1. The van der Waals surface area contributed by atoms with Crippen molar-refractivity contribution >= 4 is 34.4 Å². The highest BCUT2D eigenvalue weighted by Crippen LogP contribution is 2.15. The summed E-state index contributed by atoms with van der Waals surface area (Å²) >= 11 is 2.19. The summed E-state index contributed by atoms with van der Waals surface area (Å²) in [5.41, 5.74) is 0.738. The first-order valence-electron chi connectivity index (χ1n) is 9.60. The predicted molar refractivity (Wildman–Crippen MR) is 119 cm³/mol. The third-order valence-corrected chi connectivity index (χ3v) is 5.16. The molecule has 156 valence electrons. The van der Waals surface area contributed by atoms with Crippen LogP contribution in [0.15, 0.2) is 48.5 Å². The number of benzene rings is 2. The Bertz CT molecular complexity index is 797. The van der Waals surface area contributed by atoms with Crippen molar-refractivity contribution in [1.29, 1.82) is 0 Å². The van der Waals surface area contributed by atoms with Crippen molar-refractivity contribution in [3.63, 3.8) is 0 Å². The van der Waals surface area contributed by atoms with E-state index in [4.69, 9.17) is 4.74 Å². The van der Waals surface area contributed by atoms with Crippen molar-refractivity contribution in [3.8, 4) is 5.75 Å². The fraction of sp³-hybridized carbons (Fsp3) is 0.364. The van der Waals surface area contributed by atoms with Gasteiger partial charge in [0.25, 0.3) is 5.91 Å². The molecule has 0 aromatic heterocycles. The summed E-state index contributed by atoms with van der Waals surface area (Å²) in [5.74, 6) is -0.297. The van der Waals surface area contributed by atoms with Crippen molar-refractivity contribution < 1.29 is 18.7 Å². The van der Waals surface area contributed by atoms with E-state index in [1.54, 1.807) is 31.2 Å². The van der Waals surface area contributed by atoms with Crippen molar-refractivity contribution in [3.05, 3.63) is 63.5 Å². The van der Waals surface area contributed by atoms with Crippen LogP contribution in [0.3, 0.4) is 0 Å². The molecule has 29 heavy (non-hydrogen) atoms. The molecular weight excluding hydrogens is 486 g/mol. The van der Waals surface area contributed by atoms with Gasteiger partial charge in [-0.2, -0.15) is 0 Å². The highest BCUT2D eigenvalue weighted by Gasteiger charge is 2.26. The first-order chi connectivity index (χ1) is 13.9. The molecule has 0 spiro atoms. The largest absolute Gasteiger partial charge is 0.484 e. The number of carbonyl (C=O) groups excluding carboxylic acids is 2. The highest BCUT2D eigenvalue weighted by molar-refractivity contribution is 14.1. The van der Waals surface area contributed by atoms with Gasteiger partial charge in [0.05, 0.1) is 0 Å². The molecule has 0 radical (unpaired) electrons. The van der Waals surface area contributed by atoms with Crippen LogP contribution < -0.4 is 10.1 Å². The highest BCUT2D eigenvalue weighted by atomic mass is 127. The van der Waals surface area contributed by atoms with E-state index in [-0.39, 0.29) is 30.8 Å². The zero-order chi connectivity index (χ0) is 21.2. The van der Waals surface area contributed by atoms with Crippen LogP contribution in [-0.2, 0) is 16.1 Å². The minimum atomic E-state index is -0.676. The second-order valence-electron chi connectivity index (χ2n) is 6.71. The number of halogens is 2. The van der Waals surface area contributed by atoms with Crippen LogP contribution >= 0.6 is 22.6 Å². The Labute approximate surface area is 184 Å². The van der Waals surface area contributed by atoms with Gasteiger partial charge in [0.1, 0.15) is 17.6 Å². The van der Waals surface area contributed by atoms with Crippen LogP contribution in [0.5, 0.6) is 5.75 Å². The number of nitrogens with one attached hydrogen (secondary N) is 1. The van der Waals surface area contributed by atoms with Gasteiger partial charge in [-0.3, -0.25) is 9.59 Å². The molecule has 0 heterocycles. The van der Waals surface area contributed by atoms with Gasteiger partial charge in [-0.1, -0.05) is 25.5 Å². The van der Waals surface area contributed by atoms with Crippen molar-refractivity contribution in [2.24, 2.45) is 0 Å². The molecule has 0 aliphatic rings. The van der Waals surface area contributed by atoms with E-state index in [1.165, 1.54) is 17.0 Å². The van der Waals surface area contributed by atoms with Gasteiger partial charge in [0, 0.05) is 16.7 Å². The molecule has 5 nitrogen and oxygen atoms in total.